The molecule has 0 aliphatic heterocycles. The molecule has 0 saturated carbocycles. The summed E-state index contributed by atoms with van der Waals surface area (Å²) in [6.45, 7) is 0.903. The number of nitrogens with one attached hydrogen (secondary N) is 1. The lowest BCUT2D eigenvalue weighted by molar-refractivity contribution is 0.332. The van der Waals surface area contributed by atoms with E-state index in [1.165, 1.54) is 16.8 Å². The van der Waals surface area contributed by atoms with Gasteiger partial charge in [0.25, 0.3) is 0 Å². The maximum absolute atomic E-state index is 13.6. The Morgan fingerprint density at radius 2 is 1.97 bits per heavy atom. The SMILES string of the molecule is Cn1nc2nc(NCCOc3ccccc3)nc(-c3ccc(F)c(Cl)c3)c2c1N. The highest BCUT2D eigenvalue weighted by Gasteiger charge is 2.18. The number of ether oxygens (including phenoxy) is 1. The van der Waals surface area contributed by atoms with Crippen LogP contribution in [0.4, 0.5) is 16.2 Å². The zero-order valence-electron chi connectivity index (χ0n) is 15.6. The second-order valence-corrected chi connectivity index (χ2v) is 6.73. The van der Waals surface area contributed by atoms with Gasteiger partial charge >= 0.3 is 0 Å². The van der Waals surface area contributed by atoms with Crippen molar-refractivity contribution in [1.82, 2.24) is 19.7 Å². The van der Waals surface area contributed by atoms with Crippen LogP contribution < -0.4 is 15.8 Å². The van der Waals surface area contributed by atoms with Gasteiger partial charge in [-0.15, -0.1) is 0 Å². The summed E-state index contributed by atoms with van der Waals surface area (Å²) in [6, 6.07) is 13.9. The number of nitrogens with two attached hydrogens (primary N) is 1. The molecule has 2 aromatic heterocycles. The fraction of sp³-hybridized carbons (Fsp3) is 0.150. The second-order valence-electron chi connectivity index (χ2n) is 6.32. The van der Waals surface area contributed by atoms with Gasteiger partial charge in [0.05, 0.1) is 22.6 Å². The number of aromatic nitrogens is 4. The van der Waals surface area contributed by atoms with E-state index < -0.39 is 5.82 Å². The molecule has 0 aliphatic rings. The first-order chi connectivity index (χ1) is 14.0. The molecule has 4 aromatic rings. The molecule has 0 saturated heterocycles. The number of rotatable bonds is 6. The van der Waals surface area contributed by atoms with Gasteiger partial charge in [0.1, 0.15) is 24.0 Å². The predicted octanol–water partition coefficient (Wildman–Crippen LogP) is 3.90. The first kappa shape index (κ1) is 18.9. The van der Waals surface area contributed by atoms with Crippen LogP contribution in [0, 0.1) is 5.82 Å². The number of benzene rings is 2. The molecule has 0 fully saturated rings. The third-order valence-electron chi connectivity index (χ3n) is 4.33. The molecule has 0 amide bonds. The highest BCUT2D eigenvalue weighted by Crippen LogP contribution is 2.32. The molecule has 0 radical (unpaired) electrons. The van der Waals surface area contributed by atoms with Crippen LogP contribution in [-0.4, -0.2) is 32.9 Å². The Labute approximate surface area is 171 Å². The van der Waals surface area contributed by atoms with Gasteiger partial charge < -0.3 is 15.8 Å². The van der Waals surface area contributed by atoms with E-state index in [0.717, 1.165) is 5.75 Å². The number of nitrogens with zero attached hydrogens (tertiary/aromatic N) is 4. The summed E-state index contributed by atoms with van der Waals surface area (Å²) in [6.07, 6.45) is 0. The maximum Gasteiger partial charge on any atom is 0.225 e. The Morgan fingerprint density at radius 3 is 2.72 bits per heavy atom. The van der Waals surface area contributed by atoms with Crippen LogP contribution in [0.5, 0.6) is 5.75 Å². The molecule has 0 atom stereocenters. The van der Waals surface area contributed by atoms with Crippen molar-refractivity contribution < 1.29 is 9.13 Å². The monoisotopic (exact) mass is 412 g/mol. The molecule has 29 heavy (non-hydrogen) atoms. The van der Waals surface area contributed by atoms with Crippen molar-refractivity contribution in [3.8, 4) is 17.0 Å². The summed E-state index contributed by atoms with van der Waals surface area (Å²) in [5.74, 6) is 1.05. The predicted molar refractivity (Wildman–Crippen MR) is 112 cm³/mol. The third kappa shape index (κ3) is 3.93. The van der Waals surface area contributed by atoms with Crippen molar-refractivity contribution in [3.63, 3.8) is 0 Å². The number of nitrogen functional groups attached to an aromatic ring is 1. The van der Waals surface area contributed by atoms with Gasteiger partial charge in [0, 0.05) is 12.6 Å². The molecular weight excluding hydrogens is 395 g/mol. The van der Waals surface area contributed by atoms with Gasteiger partial charge in [-0.25, -0.2) is 9.37 Å². The molecule has 2 aromatic carbocycles. The molecule has 0 bridgehead atoms. The van der Waals surface area contributed by atoms with E-state index >= 15 is 0 Å². The molecule has 0 aliphatic carbocycles. The minimum absolute atomic E-state index is 0.00231. The summed E-state index contributed by atoms with van der Waals surface area (Å²) in [7, 11) is 1.72. The van der Waals surface area contributed by atoms with E-state index in [-0.39, 0.29) is 5.02 Å². The van der Waals surface area contributed by atoms with E-state index in [2.05, 4.69) is 20.4 Å². The van der Waals surface area contributed by atoms with E-state index in [1.54, 1.807) is 13.1 Å². The van der Waals surface area contributed by atoms with Crippen molar-refractivity contribution in [2.75, 3.05) is 24.2 Å². The smallest absolute Gasteiger partial charge is 0.225 e. The lowest BCUT2D eigenvalue weighted by Gasteiger charge is -2.10. The molecule has 0 unspecified atom stereocenters. The maximum atomic E-state index is 13.6. The molecule has 4 rings (SSSR count). The molecule has 148 valence electrons. The number of hydrogen-bond acceptors (Lipinski definition) is 6. The molecule has 0 spiro atoms. The van der Waals surface area contributed by atoms with Crippen LogP contribution in [0.15, 0.2) is 48.5 Å². The number of aryl methyl sites for hydroxylation is 1. The second kappa shape index (κ2) is 7.92. The van der Waals surface area contributed by atoms with Gasteiger partial charge in [-0.3, -0.25) is 4.68 Å². The summed E-state index contributed by atoms with van der Waals surface area (Å²) >= 11 is 5.96. The number of fused-ring (bicyclic) bond motifs is 1. The standard InChI is InChI=1S/C20H18ClFN6O/c1-28-18(23)16-17(12-7-8-15(22)14(21)11-12)25-20(26-19(16)27-28)24-9-10-29-13-5-3-2-4-6-13/h2-8,11H,9-10,23H2,1H3,(H,24,26,27). The fourth-order valence-electron chi connectivity index (χ4n) is 2.89. The summed E-state index contributed by atoms with van der Waals surface area (Å²) in [5, 5.41) is 8.05. The number of anilines is 2. The molecular formula is C20H18ClFN6O. The number of hydrogen-bond donors (Lipinski definition) is 2. The van der Waals surface area contributed by atoms with Crippen molar-refractivity contribution in [1.29, 1.82) is 0 Å². The largest absolute Gasteiger partial charge is 0.492 e. The van der Waals surface area contributed by atoms with Crippen molar-refractivity contribution in [3.05, 3.63) is 59.4 Å². The zero-order chi connectivity index (χ0) is 20.4. The summed E-state index contributed by atoms with van der Waals surface area (Å²) in [4.78, 5) is 9.00. The zero-order valence-corrected chi connectivity index (χ0v) is 16.3. The Balaban J connectivity index is 1.62. The topological polar surface area (TPSA) is 90.9 Å². The van der Waals surface area contributed by atoms with Crippen molar-refractivity contribution in [2.24, 2.45) is 7.05 Å². The van der Waals surface area contributed by atoms with Crippen LogP contribution in [-0.2, 0) is 7.05 Å². The average molecular weight is 413 g/mol. The van der Waals surface area contributed by atoms with Crippen LogP contribution in [0.2, 0.25) is 5.02 Å². The third-order valence-corrected chi connectivity index (χ3v) is 4.62. The van der Waals surface area contributed by atoms with Gasteiger partial charge in [0.15, 0.2) is 5.65 Å². The highest BCUT2D eigenvalue weighted by molar-refractivity contribution is 6.31. The lowest BCUT2D eigenvalue weighted by atomic mass is 10.1. The summed E-state index contributed by atoms with van der Waals surface area (Å²) in [5.41, 5.74) is 7.73. The van der Waals surface area contributed by atoms with Crippen LogP contribution >= 0.6 is 11.6 Å². The van der Waals surface area contributed by atoms with Crippen molar-refractivity contribution in [2.45, 2.75) is 0 Å². The first-order valence-electron chi connectivity index (χ1n) is 8.90. The molecule has 3 N–H and O–H groups in total. The number of para-hydroxylation sites is 1. The Kier molecular flexibility index (Phi) is 5.18. The number of halogens is 2. The normalized spacial score (nSPS) is 11.0. The molecule has 7 nitrogen and oxygen atoms in total. The van der Waals surface area contributed by atoms with E-state index in [9.17, 15) is 4.39 Å². The molecule has 2 heterocycles. The van der Waals surface area contributed by atoms with E-state index in [0.29, 0.717) is 47.2 Å². The average Bonchev–Trinajstić information content (AvgIpc) is 3.01. The van der Waals surface area contributed by atoms with Gasteiger partial charge in [0.2, 0.25) is 5.95 Å². The first-order valence-corrected chi connectivity index (χ1v) is 9.28. The van der Waals surface area contributed by atoms with Gasteiger partial charge in [-0.2, -0.15) is 10.1 Å². The minimum Gasteiger partial charge on any atom is -0.492 e. The summed E-state index contributed by atoms with van der Waals surface area (Å²) < 4.78 is 20.8. The van der Waals surface area contributed by atoms with Gasteiger partial charge in [-0.05, 0) is 30.3 Å². The Bertz CT molecular complexity index is 1160. The van der Waals surface area contributed by atoms with Crippen LogP contribution in [0.1, 0.15) is 0 Å². The minimum atomic E-state index is -0.503. The van der Waals surface area contributed by atoms with Crippen LogP contribution in [0.25, 0.3) is 22.3 Å². The van der Waals surface area contributed by atoms with Gasteiger partial charge in [-0.1, -0.05) is 29.8 Å². The van der Waals surface area contributed by atoms with Crippen molar-refractivity contribution >= 4 is 34.4 Å². The highest BCUT2D eigenvalue weighted by atomic mass is 35.5. The van der Waals surface area contributed by atoms with E-state index in [4.69, 9.17) is 22.1 Å². The lowest BCUT2D eigenvalue weighted by Crippen LogP contribution is -2.13. The quantitative estimate of drug-likeness (QED) is 0.467. The van der Waals surface area contributed by atoms with Crippen LogP contribution in [0.3, 0.4) is 0 Å². The fourth-order valence-corrected chi connectivity index (χ4v) is 3.08. The Morgan fingerprint density at radius 1 is 1.17 bits per heavy atom. The van der Waals surface area contributed by atoms with E-state index in [1.807, 2.05) is 30.3 Å². The molecule has 9 heteroatoms. The Hall–Kier alpha value is -3.39.